The van der Waals surface area contributed by atoms with Crippen molar-refractivity contribution in [2.45, 2.75) is 38.6 Å². The van der Waals surface area contributed by atoms with Crippen molar-refractivity contribution in [3.05, 3.63) is 16.9 Å². The molecule has 104 valence electrons. The largest absolute Gasteiger partial charge is 0.348 e. The topological polar surface area (TPSA) is 46.9 Å². The van der Waals surface area contributed by atoms with E-state index in [1.54, 1.807) is 17.9 Å². The Balaban J connectivity index is 1.65. The van der Waals surface area contributed by atoms with Gasteiger partial charge in [0.1, 0.15) is 0 Å². The first-order valence-corrected chi connectivity index (χ1v) is 7.42. The van der Waals surface area contributed by atoms with Crippen LogP contribution in [0, 0.1) is 17.8 Å². The minimum atomic E-state index is -0.152. The van der Waals surface area contributed by atoms with Gasteiger partial charge in [0.15, 0.2) is 5.69 Å². The summed E-state index contributed by atoms with van der Waals surface area (Å²) in [5.41, 5.74) is 0.333. The maximum absolute atomic E-state index is 12.2. The van der Waals surface area contributed by atoms with Gasteiger partial charge in [-0.15, -0.1) is 0 Å². The quantitative estimate of drug-likeness (QED) is 0.926. The number of amides is 1. The van der Waals surface area contributed by atoms with Crippen molar-refractivity contribution in [2.24, 2.45) is 24.8 Å². The maximum atomic E-state index is 12.2. The lowest BCUT2D eigenvalue weighted by Crippen LogP contribution is -2.40. The van der Waals surface area contributed by atoms with Crippen LogP contribution in [0.4, 0.5) is 0 Å². The summed E-state index contributed by atoms with van der Waals surface area (Å²) in [7, 11) is 1.77. The summed E-state index contributed by atoms with van der Waals surface area (Å²) >= 11 is 6.00. The van der Waals surface area contributed by atoms with Gasteiger partial charge in [0.2, 0.25) is 0 Å². The average Bonchev–Trinajstić information content (AvgIpc) is 3.03. The van der Waals surface area contributed by atoms with Gasteiger partial charge < -0.3 is 5.32 Å². The van der Waals surface area contributed by atoms with Crippen LogP contribution in [0.1, 0.15) is 43.1 Å². The maximum Gasteiger partial charge on any atom is 0.273 e. The van der Waals surface area contributed by atoms with Crippen molar-refractivity contribution < 1.29 is 4.79 Å². The van der Waals surface area contributed by atoms with E-state index in [1.807, 2.05) is 0 Å². The van der Waals surface area contributed by atoms with E-state index < -0.39 is 0 Å². The molecule has 0 saturated heterocycles. The van der Waals surface area contributed by atoms with Crippen molar-refractivity contribution >= 4 is 17.5 Å². The standard InChI is InChI=1S/C14H20ClN3O/c1-8(11-6-9-3-4-10(11)5-9)16-14(19)13-12(15)7-18(2)17-13/h7-11H,3-6H2,1-2H3,(H,16,19). The number of carbonyl (C=O) groups is 1. The predicted octanol–water partition coefficient (Wildman–Crippen LogP) is 2.63. The summed E-state index contributed by atoms with van der Waals surface area (Å²) in [5.74, 6) is 2.18. The molecule has 19 heavy (non-hydrogen) atoms. The molecule has 2 saturated carbocycles. The first-order valence-electron chi connectivity index (χ1n) is 7.04. The Bertz CT molecular complexity index is 499. The molecule has 0 spiro atoms. The summed E-state index contributed by atoms with van der Waals surface area (Å²) in [5, 5.41) is 7.61. The van der Waals surface area contributed by atoms with Gasteiger partial charge in [-0.3, -0.25) is 9.48 Å². The molecule has 3 rings (SSSR count). The predicted molar refractivity (Wildman–Crippen MR) is 74.1 cm³/mol. The average molecular weight is 282 g/mol. The number of carbonyl (C=O) groups excluding carboxylic acids is 1. The Kier molecular flexibility index (Phi) is 3.29. The highest BCUT2D eigenvalue weighted by atomic mass is 35.5. The van der Waals surface area contributed by atoms with Crippen LogP contribution >= 0.6 is 11.6 Å². The second-order valence-corrected chi connectivity index (χ2v) is 6.51. The normalized spacial score (nSPS) is 30.6. The third kappa shape index (κ3) is 2.38. The minimum absolute atomic E-state index is 0.152. The Hall–Kier alpha value is -1.03. The highest BCUT2D eigenvalue weighted by Crippen LogP contribution is 2.49. The van der Waals surface area contributed by atoms with Crippen LogP contribution in [0.25, 0.3) is 0 Å². The molecule has 2 aliphatic carbocycles. The third-order valence-corrected chi connectivity index (χ3v) is 5.07. The van der Waals surface area contributed by atoms with Crippen LogP contribution in [0.3, 0.4) is 0 Å². The summed E-state index contributed by atoms with van der Waals surface area (Å²) in [4.78, 5) is 12.2. The second kappa shape index (κ2) is 4.82. The Morgan fingerprint density at radius 1 is 1.53 bits per heavy atom. The lowest BCUT2D eigenvalue weighted by atomic mass is 9.84. The van der Waals surface area contributed by atoms with Crippen molar-refractivity contribution in [2.75, 3.05) is 0 Å². The van der Waals surface area contributed by atoms with Crippen molar-refractivity contribution in [1.29, 1.82) is 0 Å². The van der Waals surface area contributed by atoms with Gasteiger partial charge in [0.05, 0.1) is 5.02 Å². The Morgan fingerprint density at radius 2 is 2.32 bits per heavy atom. The molecule has 1 heterocycles. The van der Waals surface area contributed by atoms with Crippen molar-refractivity contribution in [1.82, 2.24) is 15.1 Å². The number of fused-ring (bicyclic) bond motifs is 2. The number of hydrogen-bond acceptors (Lipinski definition) is 2. The first-order chi connectivity index (χ1) is 9.04. The molecular weight excluding hydrogens is 262 g/mol. The highest BCUT2D eigenvalue weighted by Gasteiger charge is 2.42. The van der Waals surface area contributed by atoms with Crippen molar-refractivity contribution in [3.63, 3.8) is 0 Å². The number of nitrogens with one attached hydrogen (secondary N) is 1. The molecule has 4 unspecified atom stereocenters. The molecule has 0 aromatic carbocycles. The minimum Gasteiger partial charge on any atom is -0.348 e. The van der Waals surface area contributed by atoms with Crippen molar-refractivity contribution in [3.8, 4) is 0 Å². The van der Waals surface area contributed by atoms with Crippen LogP contribution in [-0.4, -0.2) is 21.7 Å². The van der Waals surface area contributed by atoms with Gasteiger partial charge in [0, 0.05) is 19.3 Å². The number of nitrogens with zero attached hydrogens (tertiary/aromatic N) is 2. The van der Waals surface area contributed by atoms with Gasteiger partial charge >= 0.3 is 0 Å². The fraction of sp³-hybridized carbons (Fsp3) is 0.714. The van der Waals surface area contributed by atoms with E-state index in [0.29, 0.717) is 16.6 Å². The van der Waals surface area contributed by atoms with Gasteiger partial charge in [0.25, 0.3) is 5.91 Å². The number of rotatable bonds is 3. The van der Waals surface area contributed by atoms with Gasteiger partial charge in [-0.25, -0.2) is 0 Å². The number of aromatic nitrogens is 2. The summed E-state index contributed by atoms with van der Waals surface area (Å²) in [6, 6.07) is 0.209. The Morgan fingerprint density at radius 3 is 2.84 bits per heavy atom. The lowest BCUT2D eigenvalue weighted by molar-refractivity contribution is 0.0909. The van der Waals surface area contributed by atoms with E-state index in [1.165, 1.54) is 25.7 Å². The zero-order valence-electron chi connectivity index (χ0n) is 11.4. The van der Waals surface area contributed by atoms with E-state index in [-0.39, 0.29) is 11.9 Å². The van der Waals surface area contributed by atoms with E-state index in [2.05, 4.69) is 17.3 Å². The lowest BCUT2D eigenvalue weighted by Gasteiger charge is -2.28. The monoisotopic (exact) mass is 281 g/mol. The molecule has 5 heteroatoms. The molecule has 1 amide bonds. The molecule has 1 aromatic rings. The smallest absolute Gasteiger partial charge is 0.273 e. The van der Waals surface area contributed by atoms with E-state index >= 15 is 0 Å². The van der Waals surface area contributed by atoms with Crippen LogP contribution in [0.2, 0.25) is 5.02 Å². The molecule has 1 aromatic heterocycles. The highest BCUT2D eigenvalue weighted by molar-refractivity contribution is 6.33. The van der Waals surface area contributed by atoms with Gasteiger partial charge in [-0.1, -0.05) is 18.0 Å². The molecule has 0 aliphatic heterocycles. The van der Waals surface area contributed by atoms with Gasteiger partial charge in [-0.05, 0) is 43.9 Å². The molecule has 1 N–H and O–H groups in total. The fourth-order valence-corrected chi connectivity index (χ4v) is 4.17. The van der Waals surface area contributed by atoms with Crippen LogP contribution < -0.4 is 5.32 Å². The number of aryl methyl sites for hydroxylation is 1. The molecule has 4 atom stereocenters. The second-order valence-electron chi connectivity index (χ2n) is 6.10. The Labute approximate surface area is 118 Å². The number of hydrogen-bond donors (Lipinski definition) is 1. The molecular formula is C14H20ClN3O. The molecule has 2 aliphatic rings. The summed E-state index contributed by atoms with van der Waals surface area (Å²) in [6.45, 7) is 2.11. The zero-order chi connectivity index (χ0) is 13.6. The third-order valence-electron chi connectivity index (χ3n) is 4.79. The van der Waals surface area contributed by atoms with Crippen LogP contribution in [-0.2, 0) is 7.05 Å². The summed E-state index contributed by atoms with van der Waals surface area (Å²) < 4.78 is 1.57. The molecule has 2 bridgehead atoms. The molecule has 0 radical (unpaired) electrons. The van der Waals surface area contributed by atoms with E-state index in [9.17, 15) is 4.79 Å². The molecule has 2 fully saturated rings. The molecule has 4 nitrogen and oxygen atoms in total. The van der Waals surface area contributed by atoms with E-state index in [0.717, 1.165) is 11.8 Å². The number of halogens is 1. The van der Waals surface area contributed by atoms with Crippen LogP contribution in [0.5, 0.6) is 0 Å². The zero-order valence-corrected chi connectivity index (χ0v) is 12.2. The summed E-state index contributed by atoms with van der Waals surface area (Å²) in [6.07, 6.45) is 6.99. The van der Waals surface area contributed by atoms with E-state index in [4.69, 9.17) is 11.6 Å². The van der Waals surface area contributed by atoms with Crippen LogP contribution in [0.15, 0.2) is 6.20 Å². The van der Waals surface area contributed by atoms with Gasteiger partial charge in [-0.2, -0.15) is 5.10 Å². The SMILES string of the molecule is CC(NC(=O)c1nn(C)cc1Cl)C1CC2CCC1C2. The fourth-order valence-electron chi connectivity index (χ4n) is 3.90. The first kappa shape index (κ1) is 13.0.